The van der Waals surface area contributed by atoms with Gasteiger partial charge in [-0.15, -0.1) is 0 Å². The number of nitrogens with one attached hydrogen (secondary N) is 2. The second-order valence-corrected chi connectivity index (χ2v) is 10.5. The highest BCUT2D eigenvalue weighted by molar-refractivity contribution is 7.92. The van der Waals surface area contributed by atoms with Crippen LogP contribution in [0.4, 0.5) is 5.69 Å². The van der Waals surface area contributed by atoms with E-state index in [9.17, 15) is 18.6 Å². The van der Waals surface area contributed by atoms with Crippen molar-refractivity contribution in [2.75, 3.05) is 24.6 Å². The highest BCUT2D eigenvalue weighted by atomic mass is 32.2. The molecule has 0 amide bonds. The maximum atomic E-state index is 11.6. The number of ether oxygens (including phenoxy) is 1. The van der Waals surface area contributed by atoms with E-state index in [4.69, 9.17) is 4.74 Å². The van der Waals surface area contributed by atoms with Gasteiger partial charge >= 0.3 is 0 Å². The predicted molar refractivity (Wildman–Crippen MR) is 143 cm³/mol. The van der Waals surface area contributed by atoms with Crippen molar-refractivity contribution in [1.82, 2.24) is 5.32 Å². The number of aliphatic hydroxyl groups excluding tert-OH is 1. The van der Waals surface area contributed by atoms with Gasteiger partial charge in [-0.05, 0) is 46.7 Å². The maximum Gasteiger partial charge on any atom is 0.229 e. The fourth-order valence-electron chi connectivity index (χ4n) is 4.33. The lowest BCUT2D eigenvalue weighted by atomic mass is 9.93. The smallest absolute Gasteiger partial charge is 0.229 e. The molecule has 0 saturated heterocycles. The summed E-state index contributed by atoms with van der Waals surface area (Å²) in [5.41, 5.74) is 2.72. The van der Waals surface area contributed by atoms with Gasteiger partial charge < -0.3 is 20.3 Å². The van der Waals surface area contributed by atoms with Crippen molar-refractivity contribution in [3.05, 3.63) is 102 Å². The number of aliphatic hydroxyl groups is 1. The Morgan fingerprint density at radius 3 is 2.31 bits per heavy atom. The third-order valence-electron chi connectivity index (χ3n) is 6.05. The van der Waals surface area contributed by atoms with Gasteiger partial charge in [0.15, 0.2) is 0 Å². The van der Waals surface area contributed by atoms with Gasteiger partial charge in [0.05, 0.1) is 25.2 Å². The SMILES string of the molecule is COc1ccc(C(Cc2ccccc2)NC[C@@H](O)c2ccc(O)c(NS(C)(=O)=O)c2)c2ccccc12. The number of rotatable bonds is 10. The number of fused-ring (bicyclic) bond motifs is 1. The fraction of sp³-hybridized carbons (Fsp3) is 0.214. The Labute approximate surface area is 211 Å². The third kappa shape index (κ3) is 6.15. The second kappa shape index (κ2) is 11.0. The summed E-state index contributed by atoms with van der Waals surface area (Å²) in [5, 5.41) is 26.5. The molecule has 36 heavy (non-hydrogen) atoms. The molecular weight excluding hydrogens is 476 g/mol. The number of methoxy groups -OCH3 is 1. The summed E-state index contributed by atoms with van der Waals surface area (Å²) in [5.74, 6) is 0.582. The van der Waals surface area contributed by atoms with Gasteiger partial charge in [-0.3, -0.25) is 4.72 Å². The zero-order valence-corrected chi connectivity index (χ0v) is 21.0. The third-order valence-corrected chi connectivity index (χ3v) is 6.64. The van der Waals surface area contributed by atoms with Crippen molar-refractivity contribution in [3.8, 4) is 11.5 Å². The van der Waals surface area contributed by atoms with E-state index in [1.807, 2.05) is 48.5 Å². The van der Waals surface area contributed by atoms with E-state index in [2.05, 4.69) is 28.2 Å². The molecular formula is C28H30N2O5S. The Bertz CT molecular complexity index is 1440. The van der Waals surface area contributed by atoms with Gasteiger partial charge in [-0.1, -0.05) is 66.7 Å². The molecule has 0 aliphatic heterocycles. The first-order chi connectivity index (χ1) is 17.2. The Kier molecular flexibility index (Phi) is 7.79. The van der Waals surface area contributed by atoms with E-state index < -0.39 is 16.1 Å². The molecule has 2 atom stereocenters. The maximum absolute atomic E-state index is 11.6. The number of benzene rings is 4. The van der Waals surface area contributed by atoms with Crippen LogP contribution in [0, 0.1) is 0 Å². The minimum atomic E-state index is -3.58. The molecule has 0 radical (unpaired) electrons. The molecule has 1 unspecified atom stereocenters. The van der Waals surface area contributed by atoms with Crippen molar-refractivity contribution < 1.29 is 23.4 Å². The largest absolute Gasteiger partial charge is 0.506 e. The lowest BCUT2D eigenvalue weighted by Gasteiger charge is -2.24. The molecule has 0 saturated carbocycles. The zero-order chi connectivity index (χ0) is 25.7. The minimum absolute atomic E-state index is 0.0241. The number of anilines is 1. The molecule has 0 fully saturated rings. The number of hydrogen-bond acceptors (Lipinski definition) is 6. The molecule has 0 spiro atoms. The van der Waals surface area contributed by atoms with Crippen LogP contribution in [0.1, 0.15) is 28.8 Å². The molecule has 8 heteroatoms. The van der Waals surface area contributed by atoms with E-state index in [1.54, 1.807) is 13.2 Å². The van der Waals surface area contributed by atoms with Crippen LogP contribution in [-0.2, 0) is 16.4 Å². The topological polar surface area (TPSA) is 108 Å². The molecule has 0 bridgehead atoms. The first-order valence-electron chi connectivity index (χ1n) is 11.6. The van der Waals surface area contributed by atoms with E-state index in [0.29, 0.717) is 12.0 Å². The van der Waals surface area contributed by atoms with Crippen LogP contribution in [0.2, 0.25) is 0 Å². The summed E-state index contributed by atoms with van der Waals surface area (Å²) >= 11 is 0. The number of phenols is 1. The van der Waals surface area contributed by atoms with Crippen LogP contribution >= 0.6 is 0 Å². The molecule has 4 aromatic carbocycles. The van der Waals surface area contributed by atoms with E-state index in [-0.39, 0.29) is 24.0 Å². The van der Waals surface area contributed by atoms with Gasteiger partial charge in [-0.2, -0.15) is 0 Å². The van der Waals surface area contributed by atoms with E-state index >= 15 is 0 Å². The van der Waals surface area contributed by atoms with Crippen molar-refractivity contribution in [3.63, 3.8) is 0 Å². The average molecular weight is 507 g/mol. The minimum Gasteiger partial charge on any atom is -0.506 e. The fourth-order valence-corrected chi connectivity index (χ4v) is 4.90. The Morgan fingerprint density at radius 2 is 1.61 bits per heavy atom. The molecule has 0 aliphatic rings. The lowest BCUT2D eigenvalue weighted by Crippen LogP contribution is -2.28. The molecule has 0 aliphatic carbocycles. The highest BCUT2D eigenvalue weighted by Crippen LogP contribution is 2.33. The van der Waals surface area contributed by atoms with E-state index in [1.165, 1.54) is 12.1 Å². The first-order valence-corrected chi connectivity index (χ1v) is 13.5. The number of sulfonamides is 1. The van der Waals surface area contributed by atoms with Gasteiger partial charge in [0, 0.05) is 18.0 Å². The van der Waals surface area contributed by atoms with Crippen molar-refractivity contribution in [2.45, 2.75) is 18.6 Å². The Morgan fingerprint density at radius 1 is 0.917 bits per heavy atom. The molecule has 188 valence electrons. The Hall–Kier alpha value is -3.59. The van der Waals surface area contributed by atoms with Crippen molar-refractivity contribution >= 4 is 26.5 Å². The summed E-state index contributed by atoms with van der Waals surface area (Å²) in [4.78, 5) is 0. The van der Waals surface area contributed by atoms with Crippen LogP contribution in [0.5, 0.6) is 11.5 Å². The van der Waals surface area contributed by atoms with Crippen LogP contribution in [0.3, 0.4) is 0 Å². The van der Waals surface area contributed by atoms with E-state index in [0.717, 1.165) is 33.9 Å². The van der Waals surface area contributed by atoms with Crippen molar-refractivity contribution in [2.24, 2.45) is 0 Å². The number of phenolic OH excluding ortho intramolecular Hbond substituents is 1. The van der Waals surface area contributed by atoms with Gasteiger partial charge in [0.2, 0.25) is 10.0 Å². The highest BCUT2D eigenvalue weighted by Gasteiger charge is 2.19. The summed E-state index contributed by atoms with van der Waals surface area (Å²) in [7, 11) is -1.93. The lowest BCUT2D eigenvalue weighted by molar-refractivity contribution is 0.169. The van der Waals surface area contributed by atoms with Crippen LogP contribution < -0.4 is 14.8 Å². The molecule has 4 N–H and O–H groups in total. The van der Waals surface area contributed by atoms with Crippen LogP contribution in [0.25, 0.3) is 10.8 Å². The number of aromatic hydroxyl groups is 1. The molecule has 4 aromatic rings. The summed E-state index contributed by atoms with van der Waals surface area (Å²) in [6.07, 6.45) is 0.763. The zero-order valence-electron chi connectivity index (χ0n) is 20.2. The second-order valence-electron chi connectivity index (χ2n) is 8.72. The number of hydrogen-bond donors (Lipinski definition) is 4. The monoisotopic (exact) mass is 506 g/mol. The first kappa shape index (κ1) is 25.5. The molecule has 0 aromatic heterocycles. The molecule has 7 nitrogen and oxygen atoms in total. The predicted octanol–water partition coefficient (Wildman–Crippen LogP) is 4.53. The Balaban J connectivity index is 1.63. The average Bonchev–Trinajstić information content (AvgIpc) is 2.87. The van der Waals surface area contributed by atoms with Crippen LogP contribution in [0.15, 0.2) is 84.9 Å². The van der Waals surface area contributed by atoms with Crippen molar-refractivity contribution in [1.29, 1.82) is 0 Å². The summed E-state index contributed by atoms with van der Waals surface area (Å²) in [6.45, 7) is 0.209. The van der Waals surface area contributed by atoms with Crippen LogP contribution in [-0.4, -0.2) is 38.5 Å². The summed E-state index contributed by atoms with van der Waals surface area (Å²) < 4.78 is 31.1. The standard InChI is InChI=1S/C28H30N2O5S/c1-35-28-15-13-22(21-10-6-7-11-23(21)28)24(16-19-8-4-3-5-9-19)29-18-27(32)20-12-14-26(31)25(17-20)30-36(2,33)34/h3-15,17,24,27,29-32H,16,18H2,1-2H3/t24?,27-/m1/s1. The van der Waals surface area contributed by atoms with Gasteiger partial charge in [0.25, 0.3) is 0 Å². The van der Waals surface area contributed by atoms with Gasteiger partial charge in [-0.25, -0.2) is 8.42 Å². The molecule has 4 rings (SSSR count). The normalized spacial score (nSPS) is 13.3. The molecule has 0 heterocycles. The summed E-state index contributed by atoms with van der Waals surface area (Å²) in [6, 6.07) is 26.4. The van der Waals surface area contributed by atoms with Gasteiger partial charge in [0.1, 0.15) is 11.5 Å². The quantitative estimate of drug-likeness (QED) is 0.235.